The minimum Gasteiger partial charge on any atom is -0.459 e. The average Bonchev–Trinajstić information content (AvgIpc) is 2.34. The summed E-state index contributed by atoms with van der Waals surface area (Å²) in [4.78, 5) is 45.8. The Hall–Kier alpha value is -2.50. The fraction of sp³-hybridized carbons (Fsp3) is 0.887. The number of aliphatic hydroxyl groups excluding tert-OH is 4. The number of nitrogens with zero attached hydrogens (tertiary/aromatic N) is 2. The lowest BCUT2D eigenvalue weighted by molar-refractivity contribution is -0.318. The number of ketones is 1. The van der Waals surface area contributed by atoms with Crippen LogP contribution in [0, 0.1) is 52.3 Å². The monoisotopic (exact) mass is 1150 g/mol. The van der Waals surface area contributed by atoms with E-state index >= 15 is 4.39 Å². The molecule has 19 heteroatoms. The Labute approximate surface area is 482 Å². The molecule has 7 rings (SSSR count). The number of ether oxygens (including phenoxy) is 6. The molecular formula is C62H104FN3O15. The van der Waals surface area contributed by atoms with Crippen LogP contribution in [0.25, 0.3) is 0 Å². The first kappa shape index (κ1) is 66.0. The number of alkyl halides is 1. The van der Waals surface area contributed by atoms with Crippen molar-refractivity contribution in [3.05, 3.63) is 23.8 Å². The number of amides is 1. The van der Waals surface area contributed by atoms with Gasteiger partial charge in [-0.05, 0) is 156 Å². The van der Waals surface area contributed by atoms with Crippen molar-refractivity contribution in [3.63, 3.8) is 0 Å². The molecule has 26 atom stereocenters. The molecular weight excluding hydrogens is 1050 g/mol. The van der Waals surface area contributed by atoms with Gasteiger partial charge in [-0.1, -0.05) is 53.2 Å². The van der Waals surface area contributed by atoms with E-state index in [1.54, 1.807) is 61.5 Å². The van der Waals surface area contributed by atoms with Crippen molar-refractivity contribution in [2.45, 2.75) is 257 Å². The molecule has 18 nitrogen and oxygen atoms in total. The number of allylic oxidation sites excluding steroid dienone is 4. The molecule has 3 saturated heterocycles. The van der Waals surface area contributed by atoms with Crippen LogP contribution in [0.1, 0.15) is 155 Å². The number of carbonyl (C=O) groups excluding carboxylic acids is 3. The molecule has 6 fully saturated rings. The van der Waals surface area contributed by atoms with Crippen molar-refractivity contribution >= 4 is 17.7 Å². The Balaban J connectivity index is 1.15. The number of nitrogens with one attached hydrogen (secondary N) is 1. The van der Waals surface area contributed by atoms with Crippen LogP contribution in [0.2, 0.25) is 0 Å². The number of halogens is 1. The Morgan fingerprint density at radius 1 is 0.914 bits per heavy atom. The third-order valence-corrected chi connectivity index (χ3v) is 21.6. The van der Waals surface area contributed by atoms with Crippen molar-refractivity contribution in [1.29, 1.82) is 0 Å². The molecule has 1 amide bonds. The number of hydrogen-bond donors (Lipinski definition) is 7. The van der Waals surface area contributed by atoms with Crippen LogP contribution in [0.5, 0.6) is 0 Å². The van der Waals surface area contributed by atoms with E-state index in [1.165, 1.54) is 26.2 Å². The summed E-state index contributed by atoms with van der Waals surface area (Å²) in [5.41, 5.74) is -7.88. The molecule has 0 radical (unpaired) electrons. The summed E-state index contributed by atoms with van der Waals surface area (Å²) in [6.45, 7) is 26.9. The van der Waals surface area contributed by atoms with E-state index in [0.29, 0.717) is 57.3 Å². The first-order valence-electron chi connectivity index (χ1n) is 30.6. The number of esters is 1. The van der Waals surface area contributed by atoms with Crippen molar-refractivity contribution in [2.24, 2.45) is 52.3 Å². The van der Waals surface area contributed by atoms with Gasteiger partial charge in [0.1, 0.15) is 30.0 Å². The Kier molecular flexibility index (Phi) is 20.4. The molecule has 0 aromatic heterocycles. The SMILES string of the molecule is CC[C@H]1OC(=O)[C@H](C)[C@@H](OC2C[C@@](C)(OC)[C@@H](O)[C@H](C)O2)[C@H](C)[C@@H](OC2O[C@H](C)C[C@H](N(C)CC)[C@H]2O)[C@](C)(O)C[C@@H](C)CN(CCCNC(=O)[C@H]2[C@H](C)CC3C4CCC5=CC(=O)C=C[C@]5(C)[C@@]4(F)[C@@H](O)C[C@@]32C)[C@H](C)[C@@H](O)[C@]1(C)O. The van der Waals surface area contributed by atoms with Gasteiger partial charge in [-0.25, -0.2) is 4.39 Å². The van der Waals surface area contributed by atoms with Gasteiger partial charge < -0.3 is 69.3 Å². The fourth-order valence-electron chi connectivity index (χ4n) is 16.8. The molecule has 3 aliphatic heterocycles. The summed E-state index contributed by atoms with van der Waals surface area (Å²) in [6.07, 6.45) is -4.08. The van der Waals surface area contributed by atoms with Crippen LogP contribution in [0.4, 0.5) is 4.39 Å². The summed E-state index contributed by atoms with van der Waals surface area (Å²) in [5, 5.41) is 76.1. The standard InChI is InChI=1S/C62H104FN3O15/c1-17-46-61(14,75)51(70)38(8)66(25-19-24-64-54(72)48-34(4)26-43-42-21-20-40-28-41(67)22-23-58(40,11)62(42,63)45(68)30-57(43,48)10)32-33(3)29-59(12,74)53(81-56-49(69)44(65(15)18-2)27-35(5)77-56)36(6)50(37(7)55(73)79-46)80-47-31-60(13,76-16)52(71)39(9)78-47/h22-23,28,33-39,42-53,56,68-71,74-75H,17-21,24-27,29-32H2,1-16H3,(H,64,72)/t33-,34-,35-,36+,37-,38-,39+,42?,43?,44+,45+,46-,47?,48-,49-,50+,51-,52+,53-,56?,57+,58+,59-,60-,61-,62+/m1/s1. The van der Waals surface area contributed by atoms with Gasteiger partial charge in [0, 0.05) is 68.4 Å². The minimum absolute atomic E-state index is 0.0784. The number of cyclic esters (lactones) is 1. The molecule has 3 heterocycles. The van der Waals surface area contributed by atoms with Crippen LogP contribution in [-0.4, -0.2) is 201 Å². The Bertz CT molecular complexity index is 2270. The van der Waals surface area contributed by atoms with E-state index in [1.807, 2.05) is 51.5 Å². The van der Waals surface area contributed by atoms with Gasteiger partial charge in [-0.15, -0.1) is 0 Å². The number of carbonyl (C=O) groups is 3. The smallest absolute Gasteiger partial charge is 0.311 e. The van der Waals surface area contributed by atoms with E-state index in [4.69, 9.17) is 28.4 Å². The van der Waals surface area contributed by atoms with Crippen molar-refractivity contribution < 1.29 is 77.8 Å². The number of aliphatic hydroxyl groups is 6. The lowest BCUT2D eigenvalue weighted by Crippen LogP contribution is -2.67. The molecule has 81 heavy (non-hydrogen) atoms. The first-order valence-corrected chi connectivity index (χ1v) is 30.6. The third-order valence-electron chi connectivity index (χ3n) is 21.6. The molecule has 0 spiro atoms. The van der Waals surface area contributed by atoms with E-state index in [-0.39, 0.29) is 73.8 Å². The van der Waals surface area contributed by atoms with Gasteiger partial charge >= 0.3 is 5.97 Å². The quantitative estimate of drug-likeness (QED) is 0.0902. The Morgan fingerprint density at radius 3 is 2.23 bits per heavy atom. The van der Waals surface area contributed by atoms with Gasteiger partial charge in [0.2, 0.25) is 5.91 Å². The van der Waals surface area contributed by atoms with Crippen LogP contribution < -0.4 is 5.32 Å². The van der Waals surface area contributed by atoms with Crippen molar-refractivity contribution in [3.8, 4) is 0 Å². The zero-order chi connectivity index (χ0) is 60.3. The zero-order valence-corrected chi connectivity index (χ0v) is 51.6. The summed E-state index contributed by atoms with van der Waals surface area (Å²) in [6, 6.07) is -1.08. The molecule has 0 aromatic rings. The molecule has 3 saturated carbocycles. The van der Waals surface area contributed by atoms with E-state index in [9.17, 15) is 45.0 Å². The summed E-state index contributed by atoms with van der Waals surface area (Å²) in [5.74, 6) is -4.64. The summed E-state index contributed by atoms with van der Waals surface area (Å²) < 4.78 is 56.3. The highest BCUT2D eigenvalue weighted by Crippen LogP contribution is 2.69. The van der Waals surface area contributed by atoms with Gasteiger partial charge in [0.05, 0.1) is 47.6 Å². The first-order chi connectivity index (χ1) is 37.7. The largest absolute Gasteiger partial charge is 0.459 e. The van der Waals surface area contributed by atoms with E-state index in [2.05, 4.69) is 5.32 Å². The highest BCUT2D eigenvalue weighted by molar-refractivity contribution is 6.01. The number of rotatable bonds is 13. The number of fused-ring (bicyclic) bond motifs is 5. The normalized spacial score (nSPS) is 49.4. The highest BCUT2D eigenvalue weighted by atomic mass is 19.1. The van der Waals surface area contributed by atoms with Gasteiger partial charge in [0.15, 0.2) is 24.0 Å². The number of methoxy groups -OCH3 is 1. The summed E-state index contributed by atoms with van der Waals surface area (Å²) >= 11 is 0. The predicted molar refractivity (Wildman–Crippen MR) is 302 cm³/mol. The maximum atomic E-state index is 17.9. The van der Waals surface area contributed by atoms with Gasteiger partial charge in [-0.2, -0.15) is 0 Å². The minimum atomic E-state index is -2.00. The van der Waals surface area contributed by atoms with E-state index < -0.39 is 130 Å². The van der Waals surface area contributed by atoms with Gasteiger partial charge in [-0.3, -0.25) is 19.3 Å². The van der Waals surface area contributed by atoms with Crippen LogP contribution in [0.15, 0.2) is 23.8 Å². The summed E-state index contributed by atoms with van der Waals surface area (Å²) in [7, 11) is 3.42. The van der Waals surface area contributed by atoms with Gasteiger partial charge in [0.25, 0.3) is 0 Å². The molecule has 7 aliphatic rings. The number of likely N-dealkylation sites (N-methyl/N-ethyl adjacent to an activating group) is 1. The number of hydrogen-bond acceptors (Lipinski definition) is 17. The molecule has 464 valence electrons. The van der Waals surface area contributed by atoms with Crippen molar-refractivity contribution in [1.82, 2.24) is 15.1 Å². The highest BCUT2D eigenvalue weighted by Gasteiger charge is 2.72. The predicted octanol–water partition coefficient (Wildman–Crippen LogP) is 5.40. The zero-order valence-electron chi connectivity index (χ0n) is 51.6. The van der Waals surface area contributed by atoms with E-state index in [0.717, 1.165) is 0 Å². The second kappa shape index (κ2) is 25.1. The fourth-order valence-corrected chi connectivity index (χ4v) is 16.8. The average molecular weight is 1150 g/mol. The Morgan fingerprint density at radius 2 is 1.59 bits per heavy atom. The topological polar surface area (TPSA) is 246 Å². The van der Waals surface area contributed by atoms with Crippen LogP contribution in [-0.2, 0) is 42.8 Å². The second-order valence-electron chi connectivity index (χ2n) is 27.5. The molecule has 4 unspecified atom stereocenters. The maximum Gasteiger partial charge on any atom is 0.311 e. The molecule has 7 N–H and O–H groups in total. The third kappa shape index (κ3) is 12.4. The molecule has 0 aromatic carbocycles. The second-order valence-corrected chi connectivity index (χ2v) is 27.5. The lowest BCUT2D eigenvalue weighted by atomic mass is 9.45. The van der Waals surface area contributed by atoms with Crippen molar-refractivity contribution in [2.75, 3.05) is 40.3 Å². The molecule has 0 bridgehead atoms. The van der Waals surface area contributed by atoms with Crippen LogP contribution >= 0.6 is 0 Å². The lowest BCUT2D eigenvalue weighted by Gasteiger charge is -2.61. The molecule has 4 aliphatic carbocycles. The maximum absolute atomic E-state index is 17.9. The van der Waals surface area contributed by atoms with Crippen LogP contribution in [0.3, 0.4) is 0 Å².